The van der Waals surface area contributed by atoms with Crippen molar-refractivity contribution in [3.8, 4) is 5.75 Å². The van der Waals surface area contributed by atoms with E-state index >= 15 is 0 Å². The summed E-state index contributed by atoms with van der Waals surface area (Å²) in [5.74, 6) is 0.389. The van der Waals surface area contributed by atoms with Gasteiger partial charge in [-0.15, -0.1) is 0 Å². The van der Waals surface area contributed by atoms with Crippen LogP contribution in [-0.2, 0) is 4.79 Å². The number of rotatable bonds is 4. The Morgan fingerprint density at radius 3 is 2.82 bits per heavy atom. The molecular formula is C16H21ClN2O3. The van der Waals surface area contributed by atoms with Gasteiger partial charge in [0.1, 0.15) is 5.75 Å². The second-order valence-electron chi connectivity index (χ2n) is 5.79. The van der Waals surface area contributed by atoms with Crippen LogP contribution in [0.3, 0.4) is 0 Å². The normalized spacial score (nSPS) is 18.5. The molecule has 1 aliphatic rings. The molecule has 0 bridgehead atoms. The molecule has 0 aromatic heterocycles. The maximum absolute atomic E-state index is 12.5. The van der Waals surface area contributed by atoms with Crippen LogP contribution in [0, 0.1) is 0 Å². The van der Waals surface area contributed by atoms with E-state index in [9.17, 15) is 9.59 Å². The summed E-state index contributed by atoms with van der Waals surface area (Å²) in [7, 11) is 1.74. The van der Waals surface area contributed by atoms with Gasteiger partial charge in [-0.05, 0) is 38.5 Å². The van der Waals surface area contributed by atoms with E-state index in [1.165, 1.54) is 0 Å². The van der Waals surface area contributed by atoms with Gasteiger partial charge in [0.05, 0.1) is 11.7 Å². The molecule has 0 spiro atoms. The Morgan fingerprint density at radius 1 is 1.45 bits per heavy atom. The third-order valence-electron chi connectivity index (χ3n) is 3.51. The van der Waals surface area contributed by atoms with Gasteiger partial charge in [-0.1, -0.05) is 11.6 Å². The summed E-state index contributed by atoms with van der Waals surface area (Å²) >= 11 is 5.99. The maximum Gasteiger partial charge on any atom is 0.255 e. The monoisotopic (exact) mass is 324 g/mol. The van der Waals surface area contributed by atoms with E-state index in [1.54, 1.807) is 30.1 Å². The minimum absolute atomic E-state index is 0.0360. The molecule has 2 amide bonds. The topological polar surface area (TPSA) is 58.6 Å². The van der Waals surface area contributed by atoms with Crippen LogP contribution in [0.25, 0.3) is 0 Å². The summed E-state index contributed by atoms with van der Waals surface area (Å²) in [6.07, 6.45) is 1.06. The molecule has 1 unspecified atom stereocenters. The van der Waals surface area contributed by atoms with Gasteiger partial charge in [0, 0.05) is 31.1 Å². The highest BCUT2D eigenvalue weighted by atomic mass is 35.5. The van der Waals surface area contributed by atoms with Crippen molar-refractivity contribution < 1.29 is 14.3 Å². The summed E-state index contributed by atoms with van der Waals surface area (Å²) in [4.78, 5) is 25.6. The van der Waals surface area contributed by atoms with Gasteiger partial charge in [-0.3, -0.25) is 9.59 Å². The third kappa shape index (κ3) is 4.13. The van der Waals surface area contributed by atoms with E-state index in [4.69, 9.17) is 16.3 Å². The lowest BCUT2D eigenvalue weighted by atomic mass is 10.0. The molecular weight excluding hydrogens is 304 g/mol. The summed E-state index contributed by atoms with van der Waals surface area (Å²) in [5, 5.41) is 3.44. The molecule has 0 saturated carbocycles. The number of halogens is 1. The number of carbonyl (C=O) groups is 2. The Hall–Kier alpha value is -1.75. The van der Waals surface area contributed by atoms with E-state index in [0.717, 1.165) is 0 Å². The third-order valence-corrected chi connectivity index (χ3v) is 3.75. The molecule has 0 radical (unpaired) electrons. The van der Waals surface area contributed by atoms with E-state index in [1.807, 2.05) is 13.8 Å². The summed E-state index contributed by atoms with van der Waals surface area (Å²) in [5.41, 5.74) is 0.417. The predicted molar refractivity (Wildman–Crippen MR) is 85.3 cm³/mol. The molecule has 1 aromatic rings. The minimum atomic E-state index is -0.231. The van der Waals surface area contributed by atoms with Crippen LogP contribution in [0.15, 0.2) is 18.2 Å². The van der Waals surface area contributed by atoms with Crippen molar-refractivity contribution in [2.45, 2.75) is 38.8 Å². The Balaban J connectivity index is 2.11. The van der Waals surface area contributed by atoms with Crippen molar-refractivity contribution in [2.75, 3.05) is 13.6 Å². The Bertz CT molecular complexity index is 575. The van der Waals surface area contributed by atoms with Crippen molar-refractivity contribution >= 4 is 23.4 Å². The SMILES string of the molecule is CC(C)Oc1ccc(Cl)cc1C(=O)NC1CCC(=O)N(C)C1. The number of ether oxygens (including phenoxy) is 1. The smallest absolute Gasteiger partial charge is 0.255 e. The molecule has 2 rings (SSSR count). The largest absolute Gasteiger partial charge is 0.490 e. The standard InChI is InChI=1S/C16H21ClN2O3/c1-10(2)22-14-6-4-11(17)8-13(14)16(21)18-12-5-7-15(20)19(3)9-12/h4,6,8,10,12H,5,7,9H2,1-3H3,(H,18,21). The molecule has 1 aliphatic heterocycles. The number of likely N-dealkylation sites (tertiary alicyclic amines) is 1. The zero-order valence-corrected chi connectivity index (χ0v) is 13.8. The van der Waals surface area contributed by atoms with Gasteiger partial charge in [-0.2, -0.15) is 0 Å². The van der Waals surface area contributed by atoms with E-state index in [2.05, 4.69) is 5.32 Å². The fraction of sp³-hybridized carbons (Fsp3) is 0.500. The highest BCUT2D eigenvalue weighted by Gasteiger charge is 2.25. The van der Waals surface area contributed by atoms with Crippen molar-refractivity contribution in [3.05, 3.63) is 28.8 Å². The number of hydrogen-bond acceptors (Lipinski definition) is 3. The Morgan fingerprint density at radius 2 is 2.18 bits per heavy atom. The first-order chi connectivity index (χ1) is 10.4. The van der Waals surface area contributed by atoms with E-state index in [-0.39, 0.29) is 24.0 Å². The number of amides is 2. The second kappa shape index (κ2) is 7.01. The molecule has 22 heavy (non-hydrogen) atoms. The molecule has 1 heterocycles. The highest BCUT2D eigenvalue weighted by molar-refractivity contribution is 6.31. The average Bonchev–Trinajstić information content (AvgIpc) is 2.44. The summed E-state index contributed by atoms with van der Waals surface area (Å²) in [6.45, 7) is 4.32. The molecule has 120 valence electrons. The van der Waals surface area contributed by atoms with Crippen molar-refractivity contribution in [2.24, 2.45) is 0 Å². The summed E-state index contributed by atoms with van der Waals surface area (Å²) < 4.78 is 5.66. The quantitative estimate of drug-likeness (QED) is 0.925. The minimum Gasteiger partial charge on any atom is -0.490 e. The molecule has 1 atom stereocenters. The van der Waals surface area contributed by atoms with Gasteiger partial charge in [-0.25, -0.2) is 0 Å². The number of carbonyl (C=O) groups excluding carboxylic acids is 2. The lowest BCUT2D eigenvalue weighted by molar-refractivity contribution is -0.132. The van der Waals surface area contributed by atoms with Crippen molar-refractivity contribution in [3.63, 3.8) is 0 Å². The summed E-state index contributed by atoms with van der Waals surface area (Å²) in [6, 6.07) is 4.95. The molecule has 1 aromatic carbocycles. The van der Waals surface area contributed by atoms with Crippen LogP contribution in [0.5, 0.6) is 5.75 Å². The average molecular weight is 325 g/mol. The lowest BCUT2D eigenvalue weighted by Gasteiger charge is -2.30. The number of benzene rings is 1. The first-order valence-corrected chi connectivity index (χ1v) is 7.75. The number of nitrogens with zero attached hydrogens (tertiary/aromatic N) is 1. The van der Waals surface area contributed by atoms with Gasteiger partial charge >= 0.3 is 0 Å². The van der Waals surface area contributed by atoms with Crippen LogP contribution in [0.1, 0.15) is 37.0 Å². The zero-order valence-electron chi connectivity index (χ0n) is 13.1. The zero-order chi connectivity index (χ0) is 16.3. The van der Waals surface area contributed by atoms with Crippen molar-refractivity contribution in [1.82, 2.24) is 10.2 Å². The number of nitrogens with one attached hydrogen (secondary N) is 1. The number of hydrogen-bond donors (Lipinski definition) is 1. The van der Waals surface area contributed by atoms with Crippen LogP contribution < -0.4 is 10.1 Å². The van der Waals surface area contributed by atoms with Crippen LogP contribution >= 0.6 is 11.6 Å². The Kier molecular flexibility index (Phi) is 5.29. The molecule has 1 saturated heterocycles. The first kappa shape index (κ1) is 16.6. The van der Waals surface area contributed by atoms with Crippen LogP contribution in [-0.4, -0.2) is 42.5 Å². The van der Waals surface area contributed by atoms with Gasteiger partial charge in [0.15, 0.2) is 0 Å². The van der Waals surface area contributed by atoms with E-state index < -0.39 is 0 Å². The fourth-order valence-electron chi connectivity index (χ4n) is 2.43. The van der Waals surface area contributed by atoms with Gasteiger partial charge < -0.3 is 15.0 Å². The molecule has 5 nitrogen and oxygen atoms in total. The molecule has 1 N–H and O–H groups in total. The van der Waals surface area contributed by atoms with E-state index in [0.29, 0.717) is 35.7 Å². The molecule has 1 fully saturated rings. The van der Waals surface area contributed by atoms with Gasteiger partial charge in [0.25, 0.3) is 5.91 Å². The van der Waals surface area contributed by atoms with Crippen LogP contribution in [0.4, 0.5) is 0 Å². The molecule has 6 heteroatoms. The Labute approximate surface area is 135 Å². The predicted octanol–water partition coefficient (Wildman–Crippen LogP) is 2.48. The van der Waals surface area contributed by atoms with Gasteiger partial charge in [0.2, 0.25) is 5.91 Å². The number of likely N-dealkylation sites (N-methyl/N-ethyl adjacent to an activating group) is 1. The fourth-order valence-corrected chi connectivity index (χ4v) is 2.60. The van der Waals surface area contributed by atoms with Crippen LogP contribution in [0.2, 0.25) is 5.02 Å². The second-order valence-corrected chi connectivity index (χ2v) is 6.23. The number of piperidine rings is 1. The highest BCUT2D eigenvalue weighted by Crippen LogP contribution is 2.24. The van der Waals surface area contributed by atoms with Crippen molar-refractivity contribution in [1.29, 1.82) is 0 Å². The molecule has 0 aliphatic carbocycles. The maximum atomic E-state index is 12.5. The first-order valence-electron chi connectivity index (χ1n) is 7.38. The lowest BCUT2D eigenvalue weighted by Crippen LogP contribution is -2.48.